The molecule has 0 spiro atoms. The van der Waals surface area contributed by atoms with Crippen LogP contribution >= 0.6 is 0 Å². The van der Waals surface area contributed by atoms with Crippen LogP contribution in [0.25, 0.3) is 10.9 Å². The fourth-order valence-corrected chi connectivity index (χ4v) is 4.39. The predicted octanol–water partition coefficient (Wildman–Crippen LogP) is 2.67. The van der Waals surface area contributed by atoms with Crippen molar-refractivity contribution in [3.63, 3.8) is 0 Å². The standard InChI is InChI=1S/C26H30N4O6/c1-33-22-5-3-2-4-20(22)28-26(32)30(7-6-29-8-10-34-11-9-29)17-19-14-18-15-23-24(36-13-12-35-23)16-21(18)27-25(19)31/h2-5,14-16H,6-13,17H2,1H3,(H,27,31)(H,28,32). The van der Waals surface area contributed by atoms with Gasteiger partial charge in [-0.05, 0) is 24.3 Å². The van der Waals surface area contributed by atoms with Gasteiger partial charge in [-0.15, -0.1) is 0 Å². The van der Waals surface area contributed by atoms with E-state index in [0.717, 1.165) is 18.5 Å². The highest BCUT2D eigenvalue weighted by Gasteiger charge is 2.21. The lowest BCUT2D eigenvalue weighted by molar-refractivity contribution is 0.0349. The summed E-state index contributed by atoms with van der Waals surface area (Å²) in [7, 11) is 1.56. The number of ether oxygens (including phenoxy) is 4. The normalized spacial score (nSPS) is 15.5. The minimum atomic E-state index is -0.311. The number of urea groups is 1. The molecule has 5 rings (SSSR count). The first-order chi connectivity index (χ1) is 17.6. The van der Waals surface area contributed by atoms with Crippen LogP contribution in [-0.2, 0) is 11.3 Å². The summed E-state index contributed by atoms with van der Waals surface area (Å²) in [6.45, 7) is 5.18. The molecule has 2 aromatic carbocycles. The van der Waals surface area contributed by atoms with Crippen LogP contribution in [-0.4, -0.2) is 80.5 Å². The average molecular weight is 495 g/mol. The summed E-state index contributed by atoms with van der Waals surface area (Å²) in [5.41, 5.74) is 1.46. The molecule has 2 aliphatic rings. The van der Waals surface area contributed by atoms with Crippen molar-refractivity contribution in [1.82, 2.24) is 14.8 Å². The van der Waals surface area contributed by atoms with Gasteiger partial charge in [-0.25, -0.2) is 4.79 Å². The Hall–Kier alpha value is -3.76. The summed E-state index contributed by atoms with van der Waals surface area (Å²) in [5, 5.41) is 3.75. The average Bonchev–Trinajstić information content (AvgIpc) is 2.91. The van der Waals surface area contributed by atoms with Gasteiger partial charge in [-0.1, -0.05) is 12.1 Å². The van der Waals surface area contributed by atoms with Gasteiger partial charge in [-0.3, -0.25) is 9.69 Å². The number of nitrogens with zero attached hydrogens (tertiary/aromatic N) is 2. The fraction of sp³-hybridized carbons (Fsp3) is 0.385. The Morgan fingerprint density at radius 3 is 2.61 bits per heavy atom. The largest absolute Gasteiger partial charge is 0.495 e. The first kappa shape index (κ1) is 24.0. The molecular formula is C26H30N4O6. The van der Waals surface area contributed by atoms with Crippen LogP contribution in [0.15, 0.2) is 47.3 Å². The lowest BCUT2D eigenvalue weighted by atomic mass is 10.1. The van der Waals surface area contributed by atoms with E-state index in [1.165, 1.54) is 0 Å². The number of amides is 2. The molecule has 190 valence electrons. The Kier molecular flexibility index (Phi) is 7.24. The summed E-state index contributed by atoms with van der Waals surface area (Å²) >= 11 is 0. The number of carbonyl (C=O) groups is 1. The number of methoxy groups -OCH3 is 1. The zero-order chi connectivity index (χ0) is 24.9. The van der Waals surface area contributed by atoms with Gasteiger partial charge in [0, 0.05) is 43.2 Å². The Morgan fingerprint density at radius 2 is 1.83 bits per heavy atom. The number of hydrogen-bond acceptors (Lipinski definition) is 7. The van der Waals surface area contributed by atoms with Gasteiger partial charge < -0.3 is 34.1 Å². The molecule has 10 nitrogen and oxygen atoms in total. The van der Waals surface area contributed by atoms with Crippen molar-refractivity contribution in [3.8, 4) is 17.2 Å². The first-order valence-corrected chi connectivity index (χ1v) is 12.1. The zero-order valence-electron chi connectivity index (χ0n) is 20.2. The van der Waals surface area contributed by atoms with Gasteiger partial charge in [0.15, 0.2) is 11.5 Å². The Morgan fingerprint density at radius 1 is 1.08 bits per heavy atom. The van der Waals surface area contributed by atoms with E-state index in [1.54, 1.807) is 30.2 Å². The van der Waals surface area contributed by atoms with E-state index in [1.807, 2.05) is 24.3 Å². The van der Waals surface area contributed by atoms with E-state index in [2.05, 4.69) is 15.2 Å². The van der Waals surface area contributed by atoms with Gasteiger partial charge in [-0.2, -0.15) is 0 Å². The van der Waals surface area contributed by atoms with E-state index >= 15 is 0 Å². The minimum Gasteiger partial charge on any atom is -0.495 e. The molecule has 10 heteroatoms. The van der Waals surface area contributed by atoms with E-state index in [4.69, 9.17) is 18.9 Å². The molecule has 0 bridgehead atoms. The molecule has 0 unspecified atom stereocenters. The minimum absolute atomic E-state index is 0.144. The van der Waals surface area contributed by atoms with Gasteiger partial charge in [0.05, 0.1) is 38.1 Å². The maximum Gasteiger partial charge on any atom is 0.322 e. The Labute approximate surface area is 208 Å². The molecule has 36 heavy (non-hydrogen) atoms. The second-order valence-corrected chi connectivity index (χ2v) is 8.71. The van der Waals surface area contributed by atoms with Crippen LogP contribution in [0.5, 0.6) is 17.2 Å². The summed E-state index contributed by atoms with van der Waals surface area (Å²) in [4.78, 5) is 33.2. The number of carbonyl (C=O) groups excluding carboxylic acids is 1. The Bertz CT molecular complexity index is 1290. The predicted molar refractivity (Wildman–Crippen MR) is 135 cm³/mol. The van der Waals surface area contributed by atoms with Crippen LogP contribution in [0.3, 0.4) is 0 Å². The van der Waals surface area contributed by atoms with Crippen LogP contribution in [0.4, 0.5) is 10.5 Å². The molecule has 1 fully saturated rings. The van der Waals surface area contributed by atoms with Crippen molar-refractivity contribution in [2.45, 2.75) is 6.54 Å². The van der Waals surface area contributed by atoms with Crippen molar-refractivity contribution in [1.29, 1.82) is 0 Å². The van der Waals surface area contributed by atoms with Gasteiger partial charge in [0.2, 0.25) is 0 Å². The molecular weight excluding hydrogens is 464 g/mol. The number of hydrogen-bond donors (Lipinski definition) is 2. The van der Waals surface area contributed by atoms with Crippen molar-refractivity contribution in [3.05, 3.63) is 58.4 Å². The summed E-state index contributed by atoms with van der Waals surface area (Å²) in [5.74, 6) is 1.82. The van der Waals surface area contributed by atoms with Gasteiger partial charge in [0.1, 0.15) is 19.0 Å². The molecule has 1 aromatic heterocycles. The van der Waals surface area contributed by atoms with Gasteiger partial charge in [0.25, 0.3) is 5.56 Å². The van der Waals surface area contributed by atoms with E-state index in [9.17, 15) is 9.59 Å². The third-order valence-corrected chi connectivity index (χ3v) is 6.37. The molecule has 0 saturated carbocycles. The van der Waals surface area contributed by atoms with Crippen molar-refractivity contribution >= 4 is 22.6 Å². The Balaban J connectivity index is 1.40. The number of rotatable bonds is 7. The SMILES string of the molecule is COc1ccccc1NC(=O)N(CCN1CCOCC1)Cc1cc2cc3c(cc2[nH]c1=O)OCCO3. The monoisotopic (exact) mass is 494 g/mol. The highest BCUT2D eigenvalue weighted by Crippen LogP contribution is 2.33. The molecule has 2 aliphatic heterocycles. The van der Waals surface area contributed by atoms with Crippen molar-refractivity contribution in [2.24, 2.45) is 0 Å². The maximum atomic E-state index is 13.4. The number of para-hydroxylation sites is 2. The molecule has 0 aliphatic carbocycles. The first-order valence-electron chi connectivity index (χ1n) is 12.1. The molecule has 1 saturated heterocycles. The molecule has 0 atom stereocenters. The maximum absolute atomic E-state index is 13.4. The summed E-state index contributed by atoms with van der Waals surface area (Å²) in [6.07, 6.45) is 0. The summed E-state index contributed by atoms with van der Waals surface area (Å²) in [6, 6.07) is 12.4. The number of aromatic amines is 1. The van der Waals surface area contributed by atoms with E-state index in [0.29, 0.717) is 73.5 Å². The van der Waals surface area contributed by atoms with E-state index in [-0.39, 0.29) is 18.1 Å². The topological polar surface area (TPSA) is 105 Å². The smallest absolute Gasteiger partial charge is 0.322 e. The number of fused-ring (bicyclic) bond motifs is 2. The fourth-order valence-electron chi connectivity index (χ4n) is 4.39. The lowest BCUT2D eigenvalue weighted by Crippen LogP contribution is -2.44. The zero-order valence-corrected chi connectivity index (χ0v) is 20.2. The van der Waals surface area contributed by atoms with Crippen LogP contribution < -0.4 is 25.1 Å². The number of anilines is 1. The third kappa shape index (κ3) is 5.39. The number of aromatic nitrogens is 1. The number of pyridine rings is 1. The number of nitrogens with one attached hydrogen (secondary N) is 2. The lowest BCUT2D eigenvalue weighted by Gasteiger charge is -2.30. The summed E-state index contributed by atoms with van der Waals surface area (Å²) < 4.78 is 22.1. The second kappa shape index (κ2) is 10.9. The second-order valence-electron chi connectivity index (χ2n) is 8.71. The van der Waals surface area contributed by atoms with Crippen molar-refractivity contribution < 1.29 is 23.7 Å². The molecule has 0 radical (unpaired) electrons. The van der Waals surface area contributed by atoms with Crippen molar-refractivity contribution in [2.75, 3.05) is 65.0 Å². The number of morpholine rings is 1. The number of benzene rings is 2. The van der Waals surface area contributed by atoms with Crippen LogP contribution in [0.1, 0.15) is 5.56 Å². The highest BCUT2D eigenvalue weighted by atomic mass is 16.6. The molecule has 2 amide bonds. The molecule has 2 N–H and O–H groups in total. The quantitative estimate of drug-likeness (QED) is 0.520. The third-order valence-electron chi connectivity index (χ3n) is 6.37. The van der Waals surface area contributed by atoms with Crippen LogP contribution in [0.2, 0.25) is 0 Å². The molecule has 3 heterocycles. The van der Waals surface area contributed by atoms with E-state index < -0.39 is 0 Å². The molecule has 3 aromatic rings. The number of H-pyrrole nitrogens is 1. The van der Waals surface area contributed by atoms with Gasteiger partial charge >= 0.3 is 6.03 Å². The van der Waals surface area contributed by atoms with Crippen LogP contribution in [0, 0.1) is 0 Å². The highest BCUT2D eigenvalue weighted by molar-refractivity contribution is 5.91.